The van der Waals surface area contributed by atoms with Crippen molar-refractivity contribution < 1.29 is 9.53 Å². The molecule has 2 heterocycles. The van der Waals surface area contributed by atoms with Gasteiger partial charge in [-0.15, -0.1) is 11.3 Å². The van der Waals surface area contributed by atoms with Crippen molar-refractivity contribution in [3.8, 4) is 10.8 Å². The first kappa shape index (κ1) is 13.4. The average Bonchev–Trinajstić information content (AvgIpc) is 3.03. The lowest BCUT2D eigenvalue weighted by atomic mass is 10.4. The van der Waals surface area contributed by atoms with Crippen molar-refractivity contribution in [3.05, 3.63) is 29.1 Å². The number of H-pyrrole nitrogens is 1. The Balaban J connectivity index is 2.08. The molecule has 2 rings (SSSR count). The molecule has 0 amide bonds. The zero-order chi connectivity index (χ0) is 13.7. The Bertz CT molecular complexity index is 575. The molecule has 7 heteroatoms. The van der Waals surface area contributed by atoms with E-state index < -0.39 is 0 Å². The molecule has 0 aliphatic rings. The molecule has 0 radical (unpaired) electrons. The second-order valence-corrected chi connectivity index (χ2v) is 4.74. The number of nitrogens with zero attached hydrogens (tertiary/aromatic N) is 3. The van der Waals surface area contributed by atoms with Crippen molar-refractivity contribution >= 4 is 17.3 Å². The van der Waals surface area contributed by atoms with E-state index in [1.807, 2.05) is 19.1 Å². The first-order valence-electron chi connectivity index (χ1n) is 5.87. The topological polar surface area (TPSA) is 80.8 Å². The summed E-state index contributed by atoms with van der Waals surface area (Å²) in [4.78, 5) is 20.7. The Kier molecular flexibility index (Phi) is 4.40. The summed E-state index contributed by atoms with van der Waals surface area (Å²) in [5, 5.41) is 7.10. The van der Waals surface area contributed by atoms with E-state index >= 15 is 0 Å². The van der Waals surface area contributed by atoms with E-state index in [2.05, 4.69) is 20.2 Å². The van der Waals surface area contributed by atoms with Crippen molar-refractivity contribution in [2.24, 2.45) is 0 Å². The van der Waals surface area contributed by atoms with Gasteiger partial charge >= 0.3 is 5.97 Å². The fraction of sp³-hybridized carbons (Fsp3) is 0.333. The lowest BCUT2D eigenvalue weighted by Crippen LogP contribution is -2.04. The maximum Gasteiger partial charge on any atom is 0.350 e. The summed E-state index contributed by atoms with van der Waals surface area (Å²) < 4.78 is 5.14. The first-order chi connectivity index (χ1) is 9.22. The molecule has 0 aliphatic heterocycles. The minimum absolute atomic E-state index is 0.279. The molecule has 19 heavy (non-hydrogen) atoms. The molecule has 2 aromatic heterocycles. The summed E-state index contributed by atoms with van der Waals surface area (Å²) in [7, 11) is 0. The largest absolute Gasteiger partial charge is 0.457 e. The molecule has 0 fully saturated rings. The monoisotopic (exact) mass is 278 g/mol. The summed E-state index contributed by atoms with van der Waals surface area (Å²) in [6.07, 6.45) is 6.10. The molecular weight excluding hydrogens is 264 g/mol. The van der Waals surface area contributed by atoms with Crippen LogP contribution in [0.2, 0.25) is 0 Å². The van der Waals surface area contributed by atoms with Crippen molar-refractivity contribution in [1.29, 1.82) is 0 Å². The fourth-order valence-corrected chi connectivity index (χ4v) is 2.33. The molecule has 100 valence electrons. The number of nitrogens with one attached hydrogen (secondary N) is 1. The maximum atomic E-state index is 11.9. The molecule has 0 spiro atoms. The second kappa shape index (κ2) is 6.24. The third-order valence-electron chi connectivity index (χ3n) is 2.31. The number of hydrogen-bond acceptors (Lipinski definition) is 6. The fourth-order valence-electron chi connectivity index (χ4n) is 1.42. The van der Waals surface area contributed by atoms with Gasteiger partial charge in [-0.3, -0.25) is 5.10 Å². The van der Waals surface area contributed by atoms with Gasteiger partial charge in [-0.2, -0.15) is 5.10 Å². The Morgan fingerprint density at radius 1 is 1.53 bits per heavy atom. The minimum atomic E-state index is -0.360. The first-order valence-corrected chi connectivity index (χ1v) is 6.69. The predicted molar refractivity (Wildman–Crippen MR) is 71.9 cm³/mol. The number of ether oxygens (including phenoxy) is 1. The van der Waals surface area contributed by atoms with Gasteiger partial charge in [-0.05, 0) is 13.3 Å². The predicted octanol–water partition coefficient (Wildman–Crippen LogP) is 2.36. The Morgan fingerprint density at radius 3 is 3.05 bits per heavy atom. The molecule has 0 unspecified atom stereocenters. The number of carbonyl (C=O) groups is 1. The van der Waals surface area contributed by atoms with E-state index in [1.165, 1.54) is 17.7 Å². The van der Waals surface area contributed by atoms with Crippen LogP contribution in [0.4, 0.5) is 0 Å². The molecule has 0 aromatic carbocycles. The molecule has 0 atom stereocenters. The number of rotatable bonds is 5. The van der Waals surface area contributed by atoms with Gasteiger partial charge in [0.05, 0.1) is 5.69 Å². The van der Waals surface area contributed by atoms with Crippen molar-refractivity contribution in [1.82, 2.24) is 20.2 Å². The van der Waals surface area contributed by atoms with Crippen LogP contribution < -0.4 is 0 Å². The zero-order valence-corrected chi connectivity index (χ0v) is 11.5. The quantitative estimate of drug-likeness (QED) is 0.670. The second-order valence-electron chi connectivity index (χ2n) is 3.75. The third-order valence-corrected chi connectivity index (χ3v) is 3.46. The van der Waals surface area contributed by atoms with Gasteiger partial charge in [0.15, 0.2) is 10.8 Å². The standard InChI is InChI=1S/C12H14N4O2S/c1-3-4-5-6-18-12(17)9-8(2)15-11(19-9)10-13-7-14-16-10/h4-5,7H,3,6H2,1-2H3,(H,13,14,16). The van der Waals surface area contributed by atoms with E-state index in [9.17, 15) is 4.79 Å². The van der Waals surface area contributed by atoms with Crippen LogP contribution in [0.3, 0.4) is 0 Å². The summed E-state index contributed by atoms with van der Waals surface area (Å²) in [5.41, 5.74) is 0.640. The lowest BCUT2D eigenvalue weighted by Gasteiger charge is -1.98. The Morgan fingerprint density at radius 2 is 2.37 bits per heavy atom. The number of aryl methyl sites for hydroxylation is 1. The van der Waals surface area contributed by atoms with Crippen LogP contribution >= 0.6 is 11.3 Å². The molecule has 6 nitrogen and oxygen atoms in total. The molecule has 0 saturated heterocycles. The smallest absolute Gasteiger partial charge is 0.350 e. The lowest BCUT2D eigenvalue weighted by molar-refractivity contribution is 0.0554. The van der Waals surface area contributed by atoms with Crippen LogP contribution in [0, 0.1) is 6.92 Å². The van der Waals surface area contributed by atoms with Crippen molar-refractivity contribution in [3.63, 3.8) is 0 Å². The van der Waals surface area contributed by atoms with Crippen LogP contribution in [0.15, 0.2) is 18.5 Å². The highest BCUT2D eigenvalue weighted by atomic mass is 32.1. The van der Waals surface area contributed by atoms with Gasteiger partial charge in [0, 0.05) is 0 Å². The number of aromatic amines is 1. The van der Waals surface area contributed by atoms with Gasteiger partial charge in [-0.1, -0.05) is 19.1 Å². The van der Waals surface area contributed by atoms with Crippen molar-refractivity contribution in [2.75, 3.05) is 6.61 Å². The van der Waals surface area contributed by atoms with Crippen molar-refractivity contribution in [2.45, 2.75) is 20.3 Å². The van der Waals surface area contributed by atoms with Gasteiger partial charge in [-0.25, -0.2) is 14.8 Å². The Labute approximate surface area is 114 Å². The van der Waals surface area contributed by atoms with Gasteiger partial charge in [0.25, 0.3) is 0 Å². The minimum Gasteiger partial charge on any atom is -0.457 e. The summed E-state index contributed by atoms with van der Waals surface area (Å²) in [5.74, 6) is 0.194. The van der Waals surface area contributed by atoms with Crippen LogP contribution in [-0.2, 0) is 4.74 Å². The summed E-state index contributed by atoms with van der Waals surface area (Å²) in [6.45, 7) is 4.08. The number of aromatic nitrogens is 4. The van der Waals surface area contributed by atoms with E-state index in [0.29, 0.717) is 21.4 Å². The van der Waals surface area contributed by atoms with Crippen LogP contribution in [-0.4, -0.2) is 32.7 Å². The van der Waals surface area contributed by atoms with Crippen LogP contribution in [0.25, 0.3) is 10.8 Å². The van der Waals surface area contributed by atoms with E-state index in [1.54, 1.807) is 6.92 Å². The molecular formula is C12H14N4O2S. The highest BCUT2D eigenvalue weighted by molar-refractivity contribution is 7.16. The molecule has 2 aromatic rings. The van der Waals surface area contributed by atoms with E-state index in [4.69, 9.17) is 4.74 Å². The number of esters is 1. The normalized spacial score (nSPS) is 11.1. The number of hydrogen-bond donors (Lipinski definition) is 1. The summed E-state index contributed by atoms with van der Waals surface area (Å²) in [6, 6.07) is 0. The van der Waals surface area contributed by atoms with Crippen LogP contribution in [0.1, 0.15) is 28.7 Å². The van der Waals surface area contributed by atoms with Gasteiger partial charge < -0.3 is 4.74 Å². The highest BCUT2D eigenvalue weighted by Gasteiger charge is 2.18. The van der Waals surface area contributed by atoms with E-state index in [-0.39, 0.29) is 12.6 Å². The molecule has 0 aliphatic carbocycles. The van der Waals surface area contributed by atoms with Gasteiger partial charge in [0.2, 0.25) is 0 Å². The maximum absolute atomic E-state index is 11.9. The SMILES string of the molecule is CCC=CCOC(=O)c1sc(-c2ncn[nH]2)nc1C. The summed E-state index contributed by atoms with van der Waals surface area (Å²) >= 11 is 1.25. The van der Waals surface area contributed by atoms with E-state index in [0.717, 1.165) is 6.42 Å². The Hall–Kier alpha value is -2.02. The average molecular weight is 278 g/mol. The third kappa shape index (κ3) is 3.25. The number of allylic oxidation sites excluding steroid dienone is 1. The zero-order valence-electron chi connectivity index (χ0n) is 10.7. The molecule has 1 N–H and O–H groups in total. The molecule has 0 saturated carbocycles. The number of thiazole rings is 1. The number of carbonyl (C=O) groups excluding carboxylic acids is 1. The van der Waals surface area contributed by atoms with Crippen LogP contribution in [0.5, 0.6) is 0 Å². The van der Waals surface area contributed by atoms with Gasteiger partial charge in [0.1, 0.15) is 17.8 Å². The molecule has 0 bridgehead atoms. The highest BCUT2D eigenvalue weighted by Crippen LogP contribution is 2.25.